The van der Waals surface area contributed by atoms with E-state index in [0.717, 1.165) is 5.56 Å². The maximum atomic E-state index is 12.2. The second kappa shape index (κ2) is 5.26. The van der Waals surface area contributed by atoms with Gasteiger partial charge in [-0.1, -0.05) is 31.1 Å². The van der Waals surface area contributed by atoms with Gasteiger partial charge >= 0.3 is 5.97 Å². The van der Waals surface area contributed by atoms with Crippen LogP contribution >= 0.6 is 0 Å². The molecule has 0 aliphatic rings. The lowest BCUT2D eigenvalue weighted by Crippen LogP contribution is -2.12. The fraction of sp³-hybridized carbons (Fsp3) is 0.333. The zero-order valence-corrected chi connectivity index (χ0v) is 11.6. The topological polar surface area (TPSA) is 52.3 Å². The van der Waals surface area contributed by atoms with Crippen LogP contribution in [0.25, 0.3) is 0 Å². The molecule has 0 aliphatic heterocycles. The molecule has 1 heterocycles. The molecule has 19 heavy (non-hydrogen) atoms. The summed E-state index contributed by atoms with van der Waals surface area (Å²) in [6.07, 6.45) is 0. The lowest BCUT2D eigenvalue weighted by atomic mass is 10.1. The summed E-state index contributed by atoms with van der Waals surface area (Å²) in [6, 6.07) is 7.36. The molecule has 0 saturated heterocycles. The van der Waals surface area contributed by atoms with E-state index in [1.807, 2.05) is 39.0 Å². The second-order valence-electron chi connectivity index (χ2n) is 4.87. The molecule has 0 aliphatic carbocycles. The summed E-state index contributed by atoms with van der Waals surface area (Å²) < 4.78 is 10.6. The van der Waals surface area contributed by atoms with Crippen molar-refractivity contribution in [3.63, 3.8) is 0 Å². The summed E-state index contributed by atoms with van der Waals surface area (Å²) in [4.78, 5) is 12.2. The first-order valence-electron chi connectivity index (χ1n) is 6.24. The molecular weight excluding hydrogens is 242 g/mol. The number of hydrogen-bond donors (Lipinski definition) is 0. The fourth-order valence-corrected chi connectivity index (χ4v) is 1.87. The molecule has 2 rings (SSSR count). The van der Waals surface area contributed by atoms with Crippen molar-refractivity contribution in [3.8, 4) is 5.75 Å². The Morgan fingerprint density at radius 2 is 2.05 bits per heavy atom. The molecule has 0 N–H and O–H groups in total. The predicted octanol–water partition coefficient (Wildman–Crippen LogP) is 3.63. The van der Waals surface area contributed by atoms with Gasteiger partial charge in [-0.05, 0) is 31.5 Å². The number of carbonyl (C=O) groups excluding carboxylic acids is 1. The van der Waals surface area contributed by atoms with Crippen molar-refractivity contribution in [1.82, 2.24) is 5.16 Å². The number of rotatable bonds is 3. The average molecular weight is 259 g/mol. The Labute approximate surface area is 112 Å². The Morgan fingerprint density at radius 1 is 1.32 bits per heavy atom. The van der Waals surface area contributed by atoms with Gasteiger partial charge in [0.15, 0.2) is 5.76 Å². The van der Waals surface area contributed by atoms with E-state index in [4.69, 9.17) is 9.26 Å². The minimum atomic E-state index is -0.423. The van der Waals surface area contributed by atoms with Gasteiger partial charge in [0.25, 0.3) is 0 Å². The maximum absolute atomic E-state index is 12.2. The van der Waals surface area contributed by atoms with Crippen molar-refractivity contribution in [2.45, 2.75) is 33.6 Å². The lowest BCUT2D eigenvalue weighted by Gasteiger charge is -2.06. The molecule has 0 saturated carbocycles. The largest absolute Gasteiger partial charge is 0.423 e. The number of benzene rings is 1. The van der Waals surface area contributed by atoms with Gasteiger partial charge in [-0.25, -0.2) is 4.79 Å². The van der Waals surface area contributed by atoms with Crippen LogP contribution in [0.4, 0.5) is 0 Å². The maximum Gasteiger partial charge on any atom is 0.349 e. The van der Waals surface area contributed by atoms with Gasteiger partial charge in [-0.2, -0.15) is 0 Å². The van der Waals surface area contributed by atoms with Crippen molar-refractivity contribution in [2.75, 3.05) is 0 Å². The van der Waals surface area contributed by atoms with Crippen LogP contribution in [-0.4, -0.2) is 11.1 Å². The summed E-state index contributed by atoms with van der Waals surface area (Å²) in [5.74, 6) is 0.754. The van der Waals surface area contributed by atoms with Gasteiger partial charge in [0.05, 0.1) is 5.69 Å². The van der Waals surface area contributed by atoms with Crippen LogP contribution < -0.4 is 4.74 Å². The normalized spacial score (nSPS) is 10.8. The molecule has 1 aromatic carbocycles. The predicted molar refractivity (Wildman–Crippen MR) is 71.5 cm³/mol. The summed E-state index contributed by atoms with van der Waals surface area (Å²) in [6.45, 7) is 7.58. The van der Waals surface area contributed by atoms with Crippen LogP contribution in [0.15, 0.2) is 28.8 Å². The van der Waals surface area contributed by atoms with Gasteiger partial charge in [0, 0.05) is 5.92 Å². The molecule has 0 bridgehead atoms. The molecule has 4 heteroatoms. The Balaban J connectivity index is 2.28. The van der Waals surface area contributed by atoms with E-state index < -0.39 is 5.97 Å². The smallest absolute Gasteiger partial charge is 0.349 e. The Bertz CT molecular complexity index is 599. The Kier molecular flexibility index (Phi) is 3.69. The highest BCUT2D eigenvalue weighted by atomic mass is 16.5. The number of carbonyl (C=O) groups is 1. The summed E-state index contributed by atoms with van der Waals surface area (Å²) in [7, 11) is 0. The van der Waals surface area contributed by atoms with Gasteiger partial charge in [0.1, 0.15) is 11.3 Å². The number of nitrogens with zero attached hydrogens (tertiary/aromatic N) is 1. The number of esters is 1. The highest BCUT2D eigenvalue weighted by Crippen LogP contribution is 2.24. The first-order valence-corrected chi connectivity index (χ1v) is 6.24. The van der Waals surface area contributed by atoms with E-state index in [9.17, 15) is 4.79 Å². The molecule has 0 spiro atoms. The molecule has 2 aromatic rings. The van der Waals surface area contributed by atoms with E-state index in [0.29, 0.717) is 22.8 Å². The van der Waals surface area contributed by atoms with E-state index in [2.05, 4.69) is 5.16 Å². The van der Waals surface area contributed by atoms with Crippen LogP contribution in [0.3, 0.4) is 0 Å². The zero-order valence-electron chi connectivity index (χ0n) is 11.6. The SMILES string of the molecule is Cc1cccc(OC(=O)c2c(C)noc2C(C)C)c1. The second-order valence-corrected chi connectivity index (χ2v) is 4.87. The molecule has 0 fully saturated rings. The molecule has 4 nitrogen and oxygen atoms in total. The summed E-state index contributed by atoms with van der Waals surface area (Å²) in [5.41, 5.74) is 2.02. The average Bonchev–Trinajstić information content (AvgIpc) is 2.71. The third-order valence-corrected chi connectivity index (χ3v) is 2.82. The molecule has 0 radical (unpaired) electrons. The molecule has 0 unspecified atom stereocenters. The third-order valence-electron chi connectivity index (χ3n) is 2.82. The van der Waals surface area contributed by atoms with E-state index in [1.54, 1.807) is 13.0 Å². The van der Waals surface area contributed by atoms with E-state index in [-0.39, 0.29) is 5.92 Å². The minimum absolute atomic E-state index is 0.0845. The first-order chi connectivity index (χ1) is 8.99. The third kappa shape index (κ3) is 2.84. The fourth-order valence-electron chi connectivity index (χ4n) is 1.87. The number of hydrogen-bond acceptors (Lipinski definition) is 4. The number of aryl methyl sites for hydroxylation is 2. The van der Waals surface area contributed by atoms with Crippen LogP contribution in [0.1, 0.15) is 47.1 Å². The Morgan fingerprint density at radius 3 is 2.68 bits per heavy atom. The quantitative estimate of drug-likeness (QED) is 0.624. The van der Waals surface area contributed by atoms with Crippen LogP contribution in [0.2, 0.25) is 0 Å². The molecule has 1 aromatic heterocycles. The van der Waals surface area contributed by atoms with Crippen LogP contribution in [0.5, 0.6) is 5.75 Å². The Hall–Kier alpha value is -2.10. The van der Waals surface area contributed by atoms with Crippen molar-refractivity contribution in [1.29, 1.82) is 0 Å². The standard InChI is InChI=1S/C15H17NO3/c1-9(2)14-13(11(4)16-19-14)15(17)18-12-7-5-6-10(3)8-12/h5-9H,1-4H3. The first kappa shape index (κ1) is 13.3. The van der Waals surface area contributed by atoms with Crippen LogP contribution in [0, 0.1) is 13.8 Å². The number of ether oxygens (including phenoxy) is 1. The highest BCUT2D eigenvalue weighted by Gasteiger charge is 2.24. The van der Waals surface area contributed by atoms with Gasteiger partial charge in [-0.15, -0.1) is 0 Å². The van der Waals surface area contributed by atoms with Crippen molar-refractivity contribution in [3.05, 3.63) is 46.8 Å². The summed E-state index contributed by atoms with van der Waals surface area (Å²) in [5, 5.41) is 3.84. The van der Waals surface area contributed by atoms with Crippen LogP contribution in [-0.2, 0) is 0 Å². The van der Waals surface area contributed by atoms with Gasteiger partial charge in [-0.3, -0.25) is 0 Å². The van der Waals surface area contributed by atoms with E-state index >= 15 is 0 Å². The molecule has 0 atom stereocenters. The monoisotopic (exact) mass is 259 g/mol. The molecule has 0 amide bonds. The molecular formula is C15H17NO3. The van der Waals surface area contributed by atoms with Crippen molar-refractivity contribution in [2.24, 2.45) is 0 Å². The van der Waals surface area contributed by atoms with Crippen molar-refractivity contribution < 1.29 is 14.1 Å². The molecule has 100 valence electrons. The van der Waals surface area contributed by atoms with Crippen molar-refractivity contribution >= 4 is 5.97 Å². The number of aromatic nitrogens is 1. The van der Waals surface area contributed by atoms with E-state index in [1.165, 1.54) is 0 Å². The summed E-state index contributed by atoms with van der Waals surface area (Å²) >= 11 is 0. The van der Waals surface area contributed by atoms with Gasteiger partial charge in [0.2, 0.25) is 0 Å². The van der Waals surface area contributed by atoms with Gasteiger partial charge < -0.3 is 9.26 Å². The minimum Gasteiger partial charge on any atom is -0.423 e. The lowest BCUT2D eigenvalue weighted by molar-refractivity contribution is 0.0731. The zero-order chi connectivity index (χ0) is 14.0. The highest BCUT2D eigenvalue weighted by molar-refractivity contribution is 5.93.